The molecule has 1 unspecified atom stereocenters. The van der Waals surface area contributed by atoms with Gasteiger partial charge in [-0.05, 0) is 42.7 Å². The second kappa shape index (κ2) is 7.32. The first-order chi connectivity index (χ1) is 12.6. The zero-order chi connectivity index (χ0) is 18.0. The highest BCUT2D eigenvalue weighted by atomic mass is 32.1. The van der Waals surface area contributed by atoms with Crippen LogP contribution in [0.1, 0.15) is 23.3 Å². The lowest BCUT2D eigenvalue weighted by Gasteiger charge is -2.50. The Hall–Kier alpha value is -1.99. The van der Waals surface area contributed by atoms with Gasteiger partial charge in [0.05, 0.1) is 19.5 Å². The predicted octanol–water partition coefficient (Wildman–Crippen LogP) is 2.51. The van der Waals surface area contributed by atoms with Crippen LogP contribution in [0, 0.1) is 12.8 Å². The molecule has 2 aliphatic rings. The fourth-order valence-corrected chi connectivity index (χ4v) is 4.53. The number of nitrogens with zero attached hydrogens (tertiary/aromatic N) is 3. The molecule has 0 radical (unpaired) electrons. The topological polar surface area (TPSA) is 67.4 Å². The van der Waals surface area contributed by atoms with E-state index in [1.807, 2.05) is 41.7 Å². The van der Waals surface area contributed by atoms with E-state index in [1.165, 1.54) is 0 Å². The smallest absolute Gasteiger partial charge is 0.228 e. The number of anilines is 1. The third-order valence-electron chi connectivity index (χ3n) is 5.33. The van der Waals surface area contributed by atoms with Gasteiger partial charge >= 0.3 is 0 Å². The van der Waals surface area contributed by atoms with Gasteiger partial charge in [-0.1, -0.05) is 6.07 Å². The van der Waals surface area contributed by atoms with Crippen molar-refractivity contribution in [1.82, 2.24) is 14.9 Å². The van der Waals surface area contributed by atoms with Gasteiger partial charge in [-0.25, -0.2) is 9.97 Å². The molecule has 2 aromatic rings. The van der Waals surface area contributed by atoms with E-state index in [0.29, 0.717) is 18.3 Å². The molecule has 1 amide bonds. The van der Waals surface area contributed by atoms with E-state index in [2.05, 4.69) is 15.3 Å². The summed E-state index contributed by atoms with van der Waals surface area (Å²) in [4.78, 5) is 24.0. The van der Waals surface area contributed by atoms with E-state index >= 15 is 0 Å². The molecule has 2 saturated heterocycles. The Morgan fingerprint density at radius 1 is 1.42 bits per heavy atom. The molecule has 26 heavy (non-hydrogen) atoms. The summed E-state index contributed by atoms with van der Waals surface area (Å²) in [5, 5.41) is 5.31. The number of carbonyl (C=O) groups excluding carboxylic acids is 1. The van der Waals surface area contributed by atoms with E-state index in [-0.39, 0.29) is 11.5 Å². The van der Waals surface area contributed by atoms with Crippen molar-refractivity contribution in [3.8, 4) is 0 Å². The number of amides is 1. The zero-order valence-electron chi connectivity index (χ0n) is 15.0. The first-order valence-corrected chi connectivity index (χ1v) is 9.99. The van der Waals surface area contributed by atoms with Gasteiger partial charge in [-0.3, -0.25) is 4.79 Å². The molecule has 7 heteroatoms. The van der Waals surface area contributed by atoms with Gasteiger partial charge < -0.3 is 15.0 Å². The maximum absolute atomic E-state index is 12.4. The molecule has 1 atom stereocenters. The Morgan fingerprint density at radius 3 is 2.96 bits per heavy atom. The van der Waals surface area contributed by atoms with Crippen molar-refractivity contribution in [3.63, 3.8) is 0 Å². The van der Waals surface area contributed by atoms with Gasteiger partial charge in [-0.2, -0.15) is 0 Å². The summed E-state index contributed by atoms with van der Waals surface area (Å²) in [6, 6.07) is 4.01. The molecule has 4 rings (SSSR count). The molecule has 2 aliphatic heterocycles. The molecule has 0 aliphatic carbocycles. The van der Waals surface area contributed by atoms with Crippen molar-refractivity contribution in [2.75, 3.05) is 31.6 Å². The molecule has 6 nitrogen and oxygen atoms in total. The fourth-order valence-electron chi connectivity index (χ4n) is 3.83. The normalized spacial score (nSPS) is 21.0. The minimum atomic E-state index is -0.138. The quantitative estimate of drug-likeness (QED) is 0.844. The lowest BCUT2D eigenvalue weighted by atomic mass is 9.78. The van der Waals surface area contributed by atoms with E-state index in [1.54, 1.807) is 11.3 Å². The Kier molecular flexibility index (Phi) is 4.91. The number of likely N-dealkylation sites (tertiary alicyclic amines) is 1. The standard InChI is InChI=1S/C19H24N4O2S/c1-14-10-21-18(22-11-14)20-6-4-15-5-7-25-19(15)12-23(13-19)17(24)9-16-3-2-8-26-16/h2-3,8,10-11,15H,4-7,9,12-13H2,1H3,(H,20,21,22). The molecule has 4 heterocycles. The van der Waals surface area contributed by atoms with E-state index in [4.69, 9.17) is 4.74 Å². The minimum absolute atomic E-state index is 0.138. The lowest BCUT2D eigenvalue weighted by molar-refractivity contribution is -0.164. The average molecular weight is 372 g/mol. The summed E-state index contributed by atoms with van der Waals surface area (Å²) < 4.78 is 6.07. The number of aryl methyl sites for hydroxylation is 1. The summed E-state index contributed by atoms with van der Waals surface area (Å²) in [6.07, 6.45) is 6.20. The highest BCUT2D eigenvalue weighted by Crippen LogP contribution is 2.41. The molecule has 138 valence electrons. The zero-order valence-corrected chi connectivity index (χ0v) is 15.8. The van der Waals surface area contributed by atoms with Crippen LogP contribution in [0.15, 0.2) is 29.9 Å². The molecule has 2 fully saturated rings. The average Bonchev–Trinajstić information content (AvgIpc) is 3.25. The molecular formula is C19H24N4O2S. The monoisotopic (exact) mass is 372 g/mol. The van der Waals surface area contributed by atoms with Crippen molar-refractivity contribution < 1.29 is 9.53 Å². The van der Waals surface area contributed by atoms with Crippen LogP contribution < -0.4 is 5.32 Å². The maximum atomic E-state index is 12.4. The summed E-state index contributed by atoms with van der Waals surface area (Å²) in [7, 11) is 0. The van der Waals surface area contributed by atoms with Crippen LogP contribution in [0.25, 0.3) is 0 Å². The van der Waals surface area contributed by atoms with Crippen molar-refractivity contribution in [1.29, 1.82) is 0 Å². The predicted molar refractivity (Wildman–Crippen MR) is 101 cm³/mol. The fraction of sp³-hybridized carbons (Fsp3) is 0.526. The van der Waals surface area contributed by atoms with E-state index in [0.717, 1.165) is 49.5 Å². The summed E-state index contributed by atoms with van der Waals surface area (Å²) >= 11 is 1.64. The largest absolute Gasteiger partial charge is 0.371 e. The molecule has 0 aromatic carbocycles. The van der Waals surface area contributed by atoms with Crippen LogP contribution in [-0.2, 0) is 16.0 Å². The van der Waals surface area contributed by atoms with Crippen molar-refractivity contribution in [2.45, 2.75) is 31.8 Å². The molecule has 2 aromatic heterocycles. The van der Waals surface area contributed by atoms with Crippen molar-refractivity contribution in [3.05, 3.63) is 40.3 Å². The molecule has 0 bridgehead atoms. The van der Waals surface area contributed by atoms with Gasteiger partial charge in [-0.15, -0.1) is 11.3 Å². The SMILES string of the molecule is Cc1cnc(NCCC2CCOC23CN(C(=O)Cc2cccs2)C3)nc1. The Morgan fingerprint density at radius 2 is 2.23 bits per heavy atom. The highest BCUT2D eigenvalue weighted by molar-refractivity contribution is 7.10. The highest BCUT2D eigenvalue weighted by Gasteiger charge is 2.53. The summed E-state index contributed by atoms with van der Waals surface area (Å²) in [5.41, 5.74) is 0.918. The van der Waals surface area contributed by atoms with Crippen LogP contribution in [0.5, 0.6) is 0 Å². The Labute approximate surface area is 157 Å². The summed E-state index contributed by atoms with van der Waals surface area (Å²) in [6.45, 7) is 5.04. The number of hydrogen-bond donors (Lipinski definition) is 1. The molecule has 1 N–H and O–H groups in total. The van der Waals surface area contributed by atoms with Crippen molar-refractivity contribution >= 4 is 23.2 Å². The number of rotatable bonds is 6. The number of aromatic nitrogens is 2. The van der Waals surface area contributed by atoms with Crippen LogP contribution in [0.4, 0.5) is 5.95 Å². The van der Waals surface area contributed by atoms with Gasteiger partial charge in [0, 0.05) is 30.4 Å². The van der Waals surface area contributed by atoms with Gasteiger partial charge in [0.1, 0.15) is 5.60 Å². The van der Waals surface area contributed by atoms with Crippen LogP contribution in [0.2, 0.25) is 0 Å². The second-order valence-corrected chi connectivity index (χ2v) is 8.24. The molecular weight excluding hydrogens is 348 g/mol. The minimum Gasteiger partial charge on any atom is -0.371 e. The lowest BCUT2D eigenvalue weighted by Crippen LogP contribution is -2.66. The third-order valence-corrected chi connectivity index (χ3v) is 6.21. The van der Waals surface area contributed by atoms with Crippen LogP contribution in [0.3, 0.4) is 0 Å². The van der Waals surface area contributed by atoms with E-state index in [9.17, 15) is 4.79 Å². The number of nitrogens with one attached hydrogen (secondary N) is 1. The van der Waals surface area contributed by atoms with Gasteiger partial charge in [0.15, 0.2) is 0 Å². The van der Waals surface area contributed by atoms with E-state index < -0.39 is 0 Å². The molecule has 0 saturated carbocycles. The number of carbonyl (C=O) groups is 1. The Bertz CT molecular complexity index is 741. The first-order valence-electron chi connectivity index (χ1n) is 9.11. The third kappa shape index (κ3) is 3.59. The number of hydrogen-bond acceptors (Lipinski definition) is 6. The number of ether oxygens (including phenoxy) is 1. The van der Waals surface area contributed by atoms with Crippen LogP contribution >= 0.6 is 11.3 Å². The number of thiophene rings is 1. The Balaban J connectivity index is 1.26. The van der Waals surface area contributed by atoms with Crippen LogP contribution in [-0.4, -0.2) is 52.6 Å². The summed E-state index contributed by atoms with van der Waals surface area (Å²) in [5.74, 6) is 1.36. The first kappa shape index (κ1) is 17.4. The second-order valence-electron chi connectivity index (χ2n) is 7.20. The maximum Gasteiger partial charge on any atom is 0.228 e. The molecule has 1 spiro atoms. The van der Waals surface area contributed by atoms with Gasteiger partial charge in [0.25, 0.3) is 0 Å². The van der Waals surface area contributed by atoms with Gasteiger partial charge in [0.2, 0.25) is 11.9 Å². The van der Waals surface area contributed by atoms with Crippen molar-refractivity contribution in [2.24, 2.45) is 5.92 Å².